The Morgan fingerprint density at radius 2 is 1.79 bits per heavy atom. The van der Waals surface area contributed by atoms with Crippen LogP contribution in [0.15, 0.2) is 47.4 Å². The van der Waals surface area contributed by atoms with Crippen molar-refractivity contribution in [1.82, 2.24) is 0 Å². The highest BCUT2D eigenvalue weighted by Gasteiger charge is 2.14. The largest absolute Gasteiger partial charge is 0.323 e. The van der Waals surface area contributed by atoms with Gasteiger partial charge in [-0.25, -0.2) is 8.78 Å². The van der Waals surface area contributed by atoms with Gasteiger partial charge in [0, 0.05) is 22.3 Å². The Labute approximate surface area is 115 Å². The molecule has 0 bridgehead atoms. The van der Waals surface area contributed by atoms with Crippen LogP contribution in [0.3, 0.4) is 0 Å². The van der Waals surface area contributed by atoms with Crippen LogP contribution >= 0.6 is 11.8 Å². The molecule has 1 unspecified atom stereocenters. The summed E-state index contributed by atoms with van der Waals surface area (Å²) in [5.41, 5.74) is 7.32. The van der Waals surface area contributed by atoms with E-state index in [1.54, 1.807) is 0 Å². The van der Waals surface area contributed by atoms with Gasteiger partial charge in [0.05, 0.1) is 0 Å². The van der Waals surface area contributed by atoms with E-state index in [2.05, 4.69) is 0 Å². The van der Waals surface area contributed by atoms with E-state index in [1.807, 2.05) is 31.2 Å². The van der Waals surface area contributed by atoms with Crippen molar-refractivity contribution in [3.63, 3.8) is 0 Å². The van der Waals surface area contributed by atoms with Crippen LogP contribution < -0.4 is 5.73 Å². The molecule has 1 atom stereocenters. The number of hydrogen-bond donors (Lipinski definition) is 1. The van der Waals surface area contributed by atoms with Crippen LogP contribution in [-0.4, -0.2) is 5.75 Å². The number of thioether (sulfide) groups is 1. The Balaban J connectivity index is 2.03. The maximum atomic E-state index is 13.6. The lowest BCUT2D eigenvalue weighted by molar-refractivity contribution is 0.493. The van der Waals surface area contributed by atoms with Gasteiger partial charge in [-0.15, -0.1) is 11.8 Å². The zero-order chi connectivity index (χ0) is 13.8. The van der Waals surface area contributed by atoms with Gasteiger partial charge in [0.2, 0.25) is 0 Å². The van der Waals surface area contributed by atoms with E-state index in [4.69, 9.17) is 5.73 Å². The Bertz CT molecular complexity index is 555. The Morgan fingerprint density at radius 3 is 2.47 bits per heavy atom. The molecule has 0 aliphatic heterocycles. The molecule has 19 heavy (non-hydrogen) atoms. The average Bonchev–Trinajstić information content (AvgIpc) is 2.41. The van der Waals surface area contributed by atoms with E-state index >= 15 is 0 Å². The van der Waals surface area contributed by atoms with Crippen molar-refractivity contribution in [3.8, 4) is 0 Å². The fourth-order valence-electron chi connectivity index (χ4n) is 1.72. The molecule has 2 N–H and O–H groups in total. The minimum atomic E-state index is -0.853. The third kappa shape index (κ3) is 3.55. The lowest BCUT2D eigenvalue weighted by Crippen LogP contribution is -2.15. The molecule has 0 aromatic heterocycles. The average molecular weight is 279 g/mol. The van der Waals surface area contributed by atoms with Crippen molar-refractivity contribution in [2.24, 2.45) is 5.73 Å². The summed E-state index contributed by atoms with van der Waals surface area (Å²) in [5.74, 6) is -1.20. The zero-order valence-corrected chi connectivity index (χ0v) is 11.4. The molecule has 0 fully saturated rings. The van der Waals surface area contributed by atoms with Crippen molar-refractivity contribution in [2.75, 3.05) is 5.75 Å². The van der Waals surface area contributed by atoms with Crippen molar-refractivity contribution in [3.05, 3.63) is 65.2 Å². The van der Waals surface area contributed by atoms with E-state index in [1.165, 1.54) is 29.5 Å². The molecule has 0 aliphatic carbocycles. The SMILES string of the molecule is Cc1ccc(SCC(N)c2cccc(F)c2F)cc1. The first-order valence-corrected chi connectivity index (χ1v) is 6.95. The quantitative estimate of drug-likeness (QED) is 0.854. The Hall–Kier alpha value is -1.39. The second-order valence-electron chi connectivity index (χ2n) is 4.37. The summed E-state index contributed by atoms with van der Waals surface area (Å²) in [6, 6.07) is 11.6. The number of rotatable bonds is 4. The van der Waals surface area contributed by atoms with Crippen molar-refractivity contribution in [2.45, 2.75) is 17.9 Å². The molecule has 100 valence electrons. The summed E-state index contributed by atoms with van der Waals surface area (Å²) in [6.07, 6.45) is 0. The van der Waals surface area contributed by atoms with Crippen LogP contribution in [0.4, 0.5) is 8.78 Å². The van der Waals surface area contributed by atoms with Crippen molar-refractivity contribution >= 4 is 11.8 Å². The molecule has 0 amide bonds. The molecule has 2 rings (SSSR count). The van der Waals surface area contributed by atoms with Crippen molar-refractivity contribution in [1.29, 1.82) is 0 Å². The van der Waals surface area contributed by atoms with Gasteiger partial charge in [-0.2, -0.15) is 0 Å². The molecule has 0 aliphatic rings. The fourth-order valence-corrected chi connectivity index (χ4v) is 2.60. The van der Waals surface area contributed by atoms with Gasteiger partial charge in [0.15, 0.2) is 11.6 Å². The third-order valence-corrected chi connectivity index (χ3v) is 3.96. The molecular weight excluding hydrogens is 264 g/mol. The van der Waals surface area contributed by atoms with Gasteiger partial charge in [-0.1, -0.05) is 29.8 Å². The standard InChI is InChI=1S/C15H15F2NS/c1-10-5-7-11(8-6-10)19-9-14(18)12-3-2-4-13(16)15(12)17/h2-8,14H,9,18H2,1H3. The van der Waals surface area contributed by atoms with Gasteiger partial charge < -0.3 is 5.73 Å². The first kappa shape index (κ1) is 14.0. The molecule has 4 heteroatoms. The zero-order valence-electron chi connectivity index (χ0n) is 10.6. The second-order valence-corrected chi connectivity index (χ2v) is 5.47. The summed E-state index contributed by atoms with van der Waals surface area (Å²) in [4.78, 5) is 1.07. The summed E-state index contributed by atoms with van der Waals surface area (Å²) in [6.45, 7) is 2.02. The highest BCUT2D eigenvalue weighted by Crippen LogP contribution is 2.25. The van der Waals surface area contributed by atoms with Crippen LogP contribution in [0.5, 0.6) is 0 Å². The van der Waals surface area contributed by atoms with Gasteiger partial charge >= 0.3 is 0 Å². The van der Waals surface area contributed by atoms with Crippen LogP contribution in [0.2, 0.25) is 0 Å². The smallest absolute Gasteiger partial charge is 0.163 e. The van der Waals surface area contributed by atoms with Crippen LogP contribution in [-0.2, 0) is 0 Å². The van der Waals surface area contributed by atoms with E-state index < -0.39 is 17.7 Å². The topological polar surface area (TPSA) is 26.0 Å². The van der Waals surface area contributed by atoms with Crippen LogP contribution in [0.25, 0.3) is 0 Å². The number of aryl methyl sites for hydroxylation is 1. The number of benzene rings is 2. The molecule has 0 spiro atoms. The first-order chi connectivity index (χ1) is 9.08. The lowest BCUT2D eigenvalue weighted by Gasteiger charge is -2.13. The van der Waals surface area contributed by atoms with Gasteiger partial charge in [0.25, 0.3) is 0 Å². The van der Waals surface area contributed by atoms with E-state index in [9.17, 15) is 8.78 Å². The van der Waals surface area contributed by atoms with Crippen molar-refractivity contribution < 1.29 is 8.78 Å². The molecule has 0 radical (unpaired) electrons. The number of nitrogens with two attached hydrogens (primary N) is 1. The molecule has 0 saturated heterocycles. The van der Waals surface area contributed by atoms with E-state index in [0.717, 1.165) is 11.0 Å². The molecular formula is C15H15F2NS. The third-order valence-electron chi connectivity index (χ3n) is 2.83. The summed E-state index contributed by atoms with van der Waals surface area (Å²) in [7, 11) is 0. The second kappa shape index (κ2) is 6.17. The first-order valence-electron chi connectivity index (χ1n) is 5.97. The molecule has 0 saturated carbocycles. The maximum absolute atomic E-state index is 13.6. The maximum Gasteiger partial charge on any atom is 0.163 e. The summed E-state index contributed by atoms with van der Waals surface area (Å²) >= 11 is 1.53. The van der Waals surface area contributed by atoms with Gasteiger partial charge in [-0.05, 0) is 25.1 Å². The van der Waals surface area contributed by atoms with E-state index in [0.29, 0.717) is 5.75 Å². The van der Waals surface area contributed by atoms with E-state index in [-0.39, 0.29) is 5.56 Å². The molecule has 1 nitrogen and oxygen atoms in total. The molecule has 2 aromatic rings. The minimum absolute atomic E-state index is 0.222. The van der Waals surface area contributed by atoms with Gasteiger partial charge in [0.1, 0.15) is 0 Å². The molecule has 0 heterocycles. The number of halogens is 2. The van der Waals surface area contributed by atoms with Crippen LogP contribution in [0.1, 0.15) is 17.2 Å². The normalized spacial score (nSPS) is 12.4. The molecule has 2 aromatic carbocycles. The minimum Gasteiger partial charge on any atom is -0.323 e. The van der Waals surface area contributed by atoms with Gasteiger partial charge in [-0.3, -0.25) is 0 Å². The fraction of sp³-hybridized carbons (Fsp3) is 0.200. The summed E-state index contributed by atoms with van der Waals surface area (Å²) < 4.78 is 26.7. The monoisotopic (exact) mass is 279 g/mol. The lowest BCUT2D eigenvalue weighted by atomic mass is 10.1. The summed E-state index contributed by atoms with van der Waals surface area (Å²) in [5, 5.41) is 0. The predicted octanol–water partition coefficient (Wildman–Crippen LogP) is 4.07. The Morgan fingerprint density at radius 1 is 1.11 bits per heavy atom. The van der Waals surface area contributed by atoms with Crippen LogP contribution in [0, 0.1) is 18.6 Å². The Kier molecular flexibility index (Phi) is 4.56. The highest BCUT2D eigenvalue weighted by molar-refractivity contribution is 7.99. The number of hydrogen-bond acceptors (Lipinski definition) is 2. The highest BCUT2D eigenvalue weighted by atomic mass is 32.2. The predicted molar refractivity (Wildman–Crippen MR) is 75.2 cm³/mol.